The number of nitro benzene ring substituents is 1. The van der Waals surface area contributed by atoms with E-state index in [1.54, 1.807) is 12.1 Å². The summed E-state index contributed by atoms with van der Waals surface area (Å²) >= 11 is 1.45. The predicted octanol–water partition coefficient (Wildman–Crippen LogP) is 1.99. The number of primary amides is 1. The monoisotopic (exact) mass is 335 g/mol. The van der Waals surface area contributed by atoms with Crippen LogP contribution in [0.25, 0.3) is 0 Å². The number of nitro groups is 1. The van der Waals surface area contributed by atoms with Crippen LogP contribution >= 0.6 is 11.8 Å². The molecule has 1 heterocycles. The minimum atomic E-state index is -0.412. The second kappa shape index (κ2) is 7.23. The van der Waals surface area contributed by atoms with Crippen molar-refractivity contribution in [3.05, 3.63) is 45.8 Å². The highest BCUT2D eigenvalue weighted by Gasteiger charge is 2.16. The Morgan fingerprint density at radius 3 is 2.87 bits per heavy atom. The van der Waals surface area contributed by atoms with E-state index in [2.05, 4.69) is 10.2 Å². The number of nitrogens with zero attached hydrogens (tertiary/aromatic N) is 4. The molecular weight excluding hydrogens is 318 g/mol. The van der Waals surface area contributed by atoms with E-state index >= 15 is 0 Å². The Morgan fingerprint density at radius 1 is 1.48 bits per heavy atom. The van der Waals surface area contributed by atoms with Crippen molar-refractivity contribution >= 4 is 23.4 Å². The third-order valence-electron chi connectivity index (χ3n) is 3.35. The molecule has 2 aromatic rings. The van der Waals surface area contributed by atoms with Crippen LogP contribution in [-0.2, 0) is 18.3 Å². The molecule has 0 aliphatic rings. The van der Waals surface area contributed by atoms with E-state index in [-0.39, 0.29) is 23.3 Å². The molecular formula is C14H17N5O3S. The third-order valence-corrected chi connectivity index (χ3v) is 4.54. The molecule has 122 valence electrons. The molecule has 0 aliphatic heterocycles. The summed E-state index contributed by atoms with van der Waals surface area (Å²) in [5, 5.41) is 19.7. The topological polar surface area (TPSA) is 117 Å². The number of carbonyl (C=O) groups is 1. The molecule has 0 fully saturated rings. The lowest BCUT2D eigenvalue weighted by molar-refractivity contribution is -0.384. The molecule has 1 aromatic heterocycles. The molecule has 1 amide bonds. The Balaban J connectivity index is 2.11. The second-order valence-electron chi connectivity index (χ2n) is 5.04. The van der Waals surface area contributed by atoms with Crippen LogP contribution < -0.4 is 5.73 Å². The van der Waals surface area contributed by atoms with Gasteiger partial charge in [-0.2, -0.15) is 0 Å². The molecule has 8 nitrogen and oxygen atoms in total. The lowest BCUT2D eigenvalue weighted by atomic mass is 10.1. The van der Waals surface area contributed by atoms with Crippen LogP contribution in [0.4, 0.5) is 5.69 Å². The number of nitrogens with two attached hydrogens (primary N) is 1. The number of hydrogen-bond donors (Lipinski definition) is 1. The van der Waals surface area contributed by atoms with Gasteiger partial charge < -0.3 is 10.3 Å². The molecule has 0 aliphatic carbocycles. The van der Waals surface area contributed by atoms with Gasteiger partial charge >= 0.3 is 0 Å². The zero-order valence-corrected chi connectivity index (χ0v) is 13.6. The first-order chi connectivity index (χ1) is 10.9. The van der Waals surface area contributed by atoms with Gasteiger partial charge in [0.1, 0.15) is 5.82 Å². The number of rotatable bonds is 7. The highest BCUT2D eigenvalue weighted by atomic mass is 32.2. The fourth-order valence-electron chi connectivity index (χ4n) is 2.02. The lowest BCUT2D eigenvalue weighted by Crippen LogP contribution is -2.12. The Morgan fingerprint density at radius 2 is 2.22 bits per heavy atom. The molecule has 1 atom stereocenters. The van der Waals surface area contributed by atoms with E-state index < -0.39 is 4.92 Å². The quantitative estimate of drug-likeness (QED) is 0.470. The van der Waals surface area contributed by atoms with Crippen molar-refractivity contribution < 1.29 is 9.72 Å². The van der Waals surface area contributed by atoms with Crippen LogP contribution in [0.1, 0.15) is 30.0 Å². The summed E-state index contributed by atoms with van der Waals surface area (Å²) in [5.41, 5.74) is 6.04. The standard InChI is InChI=1S/C14H17N5O3S/c1-9(10-4-3-5-11(8-10)19(21)22)23-14-17-16-13(18(14)2)7-6-12(15)20/h3-5,8-9H,6-7H2,1-2H3,(H2,15,20)/t9-/m1/s1. The van der Waals surface area contributed by atoms with E-state index in [4.69, 9.17) is 5.73 Å². The Labute approximate surface area is 137 Å². The highest BCUT2D eigenvalue weighted by molar-refractivity contribution is 7.99. The van der Waals surface area contributed by atoms with E-state index in [0.717, 1.165) is 5.56 Å². The summed E-state index contributed by atoms with van der Waals surface area (Å²) in [7, 11) is 1.82. The summed E-state index contributed by atoms with van der Waals surface area (Å²) in [6.07, 6.45) is 0.654. The van der Waals surface area contributed by atoms with E-state index in [1.165, 1.54) is 17.8 Å². The molecule has 0 bridgehead atoms. The van der Waals surface area contributed by atoms with E-state index in [0.29, 0.717) is 17.4 Å². The minimum absolute atomic E-state index is 0.0261. The normalized spacial score (nSPS) is 12.1. The molecule has 0 unspecified atom stereocenters. The number of benzene rings is 1. The first-order valence-electron chi connectivity index (χ1n) is 6.96. The van der Waals surface area contributed by atoms with Crippen LogP contribution in [0.5, 0.6) is 0 Å². The third kappa shape index (κ3) is 4.28. The van der Waals surface area contributed by atoms with Gasteiger partial charge in [-0.25, -0.2) is 0 Å². The Bertz CT molecular complexity index is 731. The van der Waals surface area contributed by atoms with Gasteiger partial charge in [0.2, 0.25) is 5.91 Å². The molecule has 2 N–H and O–H groups in total. The van der Waals surface area contributed by atoms with Gasteiger partial charge in [0.25, 0.3) is 5.69 Å². The maximum atomic E-state index is 10.9. The smallest absolute Gasteiger partial charge is 0.269 e. The molecule has 2 rings (SSSR count). The minimum Gasteiger partial charge on any atom is -0.370 e. The van der Waals surface area contributed by atoms with Gasteiger partial charge in [0.05, 0.1) is 4.92 Å². The van der Waals surface area contributed by atoms with Crippen molar-refractivity contribution in [1.29, 1.82) is 0 Å². The van der Waals surface area contributed by atoms with Gasteiger partial charge in [-0.3, -0.25) is 14.9 Å². The van der Waals surface area contributed by atoms with Crippen LogP contribution in [0.2, 0.25) is 0 Å². The van der Waals surface area contributed by atoms with Gasteiger partial charge in [0, 0.05) is 37.3 Å². The van der Waals surface area contributed by atoms with Crippen molar-refractivity contribution in [2.45, 2.75) is 30.2 Å². The molecule has 0 spiro atoms. The average Bonchev–Trinajstić information content (AvgIpc) is 2.85. The maximum absolute atomic E-state index is 10.9. The predicted molar refractivity (Wildman–Crippen MR) is 85.9 cm³/mol. The van der Waals surface area contributed by atoms with Gasteiger partial charge in [0.15, 0.2) is 5.16 Å². The molecule has 0 saturated carbocycles. The van der Waals surface area contributed by atoms with E-state index in [1.807, 2.05) is 24.6 Å². The molecule has 9 heteroatoms. The Kier molecular flexibility index (Phi) is 5.32. The lowest BCUT2D eigenvalue weighted by Gasteiger charge is -2.11. The summed E-state index contributed by atoms with van der Waals surface area (Å²) in [5.74, 6) is 0.296. The van der Waals surface area contributed by atoms with Crippen LogP contribution in [-0.4, -0.2) is 25.6 Å². The zero-order chi connectivity index (χ0) is 17.0. The second-order valence-corrected chi connectivity index (χ2v) is 6.34. The van der Waals surface area contributed by atoms with Gasteiger partial charge in [-0.1, -0.05) is 23.9 Å². The number of hydrogen-bond acceptors (Lipinski definition) is 6. The van der Waals surface area contributed by atoms with Crippen molar-refractivity contribution in [2.24, 2.45) is 12.8 Å². The summed E-state index contributed by atoms with van der Waals surface area (Å²) in [6, 6.07) is 6.53. The largest absolute Gasteiger partial charge is 0.370 e. The molecule has 1 aromatic carbocycles. The molecule has 0 radical (unpaired) electrons. The SMILES string of the molecule is C[C@@H](Sc1nnc(CCC(N)=O)n1C)c1cccc([N+](=O)[O-])c1. The van der Waals surface area contributed by atoms with Gasteiger partial charge in [-0.15, -0.1) is 10.2 Å². The molecule has 23 heavy (non-hydrogen) atoms. The number of aryl methyl sites for hydroxylation is 1. The first kappa shape index (κ1) is 16.9. The maximum Gasteiger partial charge on any atom is 0.269 e. The number of aromatic nitrogens is 3. The number of carbonyl (C=O) groups excluding carboxylic acids is 1. The fraction of sp³-hybridized carbons (Fsp3) is 0.357. The van der Waals surface area contributed by atoms with Crippen molar-refractivity contribution in [2.75, 3.05) is 0 Å². The number of non-ortho nitro benzene ring substituents is 1. The molecule has 0 saturated heterocycles. The van der Waals surface area contributed by atoms with Crippen LogP contribution in [0, 0.1) is 10.1 Å². The Hall–Kier alpha value is -2.42. The number of thioether (sulfide) groups is 1. The first-order valence-corrected chi connectivity index (χ1v) is 7.84. The summed E-state index contributed by atoms with van der Waals surface area (Å²) in [6.45, 7) is 1.95. The highest BCUT2D eigenvalue weighted by Crippen LogP contribution is 2.34. The zero-order valence-electron chi connectivity index (χ0n) is 12.8. The fourth-order valence-corrected chi connectivity index (χ4v) is 2.97. The van der Waals surface area contributed by atoms with Crippen LogP contribution in [0.15, 0.2) is 29.4 Å². The van der Waals surface area contributed by atoms with Crippen molar-refractivity contribution in [3.8, 4) is 0 Å². The van der Waals surface area contributed by atoms with E-state index in [9.17, 15) is 14.9 Å². The summed E-state index contributed by atoms with van der Waals surface area (Å²) in [4.78, 5) is 21.3. The summed E-state index contributed by atoms with van der Waals surface area (Å²) < 4.78 is 1.81. The average molecular weight is 335 g/mol. The van der Waals surface area contributed by atoms with Gasteiger partial charge in [-0.05, 0) is 12.5 Å². The van der Waals surface area contributed by atoms with Crippen molar-refractivity contribution in [1.82, 2.24) is 14.8 Å². The van der Waals surface area contributed by atoms with Crippen LogP contribution in [0.3, 0.4) is 0 Å². The van der Waals surface area contributed by atoms with Crippen molar-refractivity contribution in [3.63, 3.8) is 0 Å². The number of amides is 1.